The quantitative estimate of drug-likeness (QED) is 0.162. The van der Waals surface area contributed by atoms with Crippen molar-refractivity contribution in [1.82, 2.24) is 5.43 Å². The van der Waals surface area contributed by atoms with Gasteiger partial charge in [-0.3, -0.25) is 4.79 Å². The summed E-state index contributed by atoms with van der Waals surface area (Å²) in [6.45, 7) is 3.98. The van der Waals surface area contributed by atoms with E-state index >= 15 is 0 Å². The highest BCUT2D eigenvalue weighted by Crippen LogP contribution is 2.23. The Morgan fingerprint density at radius 3 is 2.45 bits per heavy atom. The molecule has 0 aromatic heterocycles. The number of rotatable bonds is 8. The molecule has 1 amide bonds. The molecule has 0 fully saturated rings. The second-order valence-corrected chi connectivity index (χ2v) is 7.18. The van der Waals surface area contributed by atoms with Gasteiger partial charge >= 0.3 is 5.97 Å². The third-order valence-corrected chi connectivity index (χ3v) is 4.53. The van der Waals surface area contributed by atoms with E-state index in [2.05, 4.69) is 33.0 Å². The van der Waals surface area contributed by atoms with E-state index in [0.717, 1.165) is 4.47 Å². The van der Waals surface area contributed by atoms with Crippen molar-refractivity contribution in [3.8, 4) is 11.5 Å². The molecule has 31 heavy (non-hydrogen) atoms. The van der Waals surface area contributed by atoms with Crippen LogP contribution >= 0.6 is 15.9 Å². The minimum Gasteiger partial charge on any atom is -0.490 e. The lowest BCUT2D eigenvalue weighted by Crippen LogP contribution is -2.17. The van der Waals surface area contributed by atoms with Crippen LogP contribution in [0.3, 0.4) is 0 Å². The van der Waals surface area contributed by atoms with Gasteiger partial charge in [0.2, 0.25) is 0 Å². The third kappa shape index (κ3) is 6.38. The Morgan fingerprint density at radius 2 is 1.74 bits per heavy atom. The Kier molecular flexibility index (Phi) is 7.73. The topological polar surface area (TPSA) is 77.0 Å². The van der Waals surface area contributed by atoms with Gasteiger partial charge in [0, 0.05) is 15.6 Å². The monoisotopic (exact) mass is 478 g/mol. The molecular formula is C24H19BrN2O4. The van der Waals surface area contributed by atoms with Crippen LogP contribution in [0.15, 0.2) is 95.0 Å². The maximum Gasteiger partial charge on any atom is 0.343 e. The Bertz CT molecular complexity index is 1100. The van der Waals surface area contributed by atoms with Crippen molar-refractivity contribution >= 4 is 34.0 Å². The number of carbonyl (C=O) groups is 2. The number of hydrogen-bond acceptors (Lipinski definition) is 5. The summed E-state index contributed by atoms with van der Waals surface area (Å²) in [5, 5.41) is 3.99. The summed E-state index contributed by atoms with van der Waals surface area (Å²) in [6, 6.07) is 20.5. The van der Waals surface area contributed by atoms with E-state index in [-0.39, 0.29) is 5.91 Å². The maximum atomic E-state index is 12.3. The number of nitrogens with one attached hydrogen (secondary N) is 1. The molecule has 0 aliphatic rings. The molecule has 3 rings (SSSR count). The van der Waals surface area contributed by atoms with Crippen LogP contribution in [0.1, 0.15) is 26.3 Å². The molecule has 3 aromatic rings. The fourth-order valence-corrected chi connectivity index (χ4v) is 2.91. The molecule has 0 unspecified atom stereocenters. The molecule has 0 saturated carbocycles. The van der Waals surface area contributed by atoms with Gasteiger partial charge in [-0.2, -0.15) is 5.10 Å². The zero-order chi connectivity index (χ0) is 22.1. The predicted octanol–water partition coefficient (Wildman–Crippen LogP) is 5.00. The number of benzene rings is 3. The lowest BCUT2D eigenvalue weighted by molar-refractivity contribution is 0.0734. The van der Waals surface area contributed by atoms with Crippen molar-refractivity contribution in [2.75, 3.05) is 6.61 Å². The van der Waals surface area contributed by atoms with Crippen molar-refractivity contribution in [3.05, 3.63) is 107 Å². The fraction of sp³-hybridized carbons (Fsp3) is 0.0417. The second kappa shape index (κ2) is 10.9. The van der Waals surface area contributed by atoms with Gasteiger partial charge in [0.1, 0.15) is 18.1 Å². The van der Waals surface area contributed by atoms with Crippen molar-refractivity contribution in [2.24, 2.45) is 5.10 Å². The van der Waals surface area contributed by atoms with Crippen LogP contribution in [-0.4, -0.2) is 24.7 Å². The van der Waals surface area contributed by atoms with E-state index in [4.69, 9.17) is 9.47 Å². The summed E-state index contributed by atoms with van der Waals surface area (Å²) in [4.78, 5) is 24.6. The number of nitrogens with zero attached hydrogens (tertiary/aromatic N) is 1. The average molecular weight is 479 g/mol. The molecule has 0 atom stereocenters. The van der Waals surface area contributed by atoms with Crippen molar-refractivity contribution in [3.63, 3.8) is 0 Å². The third-order valence-electron chi connectivity index (χ3n) is 4.04. The first-order valence-corrected chi connectivity index (χ1v) is 10.1. The van der Waals surface area contributed by atoms with Gasteiger partial charge in [-0.25, -0.2) is 10.2 Å². The molecule has 0 radical (unpaired) electrons. The summed E-state index contributed by atoms with van der Waals surface area (Å²) in [5.41, 5.74) is 3.84. The van der Waals surface area contributed by atoms with Gasteiger partial charge in [0.25, 0.3) is 5.91 Å². The normalized spacial score (nSPS) is 10.5. The van der Waals surface area contributed by atoms with Gasteiger partial charge in [0.05, 0.1) is 11.8 Å². The van der Waals surface area contributed by atoms with Crippen molar-refractivity contribution < 1.29 is 19.1 Å². The highest BCUT2D eigenvalue weighted by molar-refractivity contribution is 9.10. The van der Waals surface area contributed by atoms with Crippen LogP contribution < -0.4 is 14.9 Å². The molecule has 0 bridgehead atoms. The average Bonchev–Trinajstić information content (AvgIpc) is 2.80. The molecule has 0 spiro atoms. The summed E-state index contributed by atoms with van der Waals surface area (Å²) in [5.74, 6) is 0.0856. The van der Waals surface area contributed by atoms with E-state index in [1.54, 1.807) is 72.8 Å². The largest absolute Gasteiger partial charge is 0.490 e. The molecule has 0 aliphatic heterocycles. The summed E-state index contributed by atoms with van der Waals surface area (Å²) in [6.07, 6.45) is 3.06. The minimum absolute atomic E-state index is 0.318. The van der Waals surface area contributed by atoms with Gasteiger partial charge in [-0.1, -0.05) is 46.8 Å². The van der Waals surface area contributed by atoms with E-state index < -0.39 is 5.97 Å². The first-order chi connectivity index (χ1) is 15.1. The lowest BCUT2D eigenvalue weighted by atomic mass is 10.2. The highest BCUT2D eigenvalue weighted by atomic mass is 79.9. The van der Waals surface area contributed by atoms with Crippen molar-refractivity contribution in [1.29, 1.82) is 0 Å². The summed E-state index contributed by atoms with van der Waals surface area (Å²) >= 11 is 3.38. The molecule has 6 nitrogen and oxygen atoms in total. The molecule has 0 heterocycles. The Balaban J connectivity index is 1.67. The highest BCUT2D eigenvalue weighted by Gasteiger charge is 2.11. The number of esters is 1. The van der Waals surface area contributed by atoms with Crippen LogP contribution in [0.5, 0.6) is 11.5 Å². The molecule has 0 aliphatic carbocycles. The zero-order valence-electron chi connectivity index (χ0n) is 16.5. The SMILES string of the molecule is C=CCOc1ccc(C(=O)N/N=C/c2cc(Br)ccc2OC(=O)c2ccccc2)cc1. The molecule has 156 valence electrons. The van der Waals surface area contributed by atoms with Crippen LogP contribution in [0.25, 0.3) is 0 Å². The van der Waals surface area contributed by atoms with Crippen LogP contribution in [0.2, 0.25) is 0 Å². The number of carbonyl (C=O) groups excluding carboxylic acids is 2. The minimum atomic E-state index is -0.486. The van der Waals surface area contributed by atoms with E-state index in [1.807, 2.05) is 6.07 Å². The first kappa shape index (κ1) is 22.0. The number of hydrogen-bond donors (Lipinski definition) is 1. The summed E-state index contributed by atoms with van der Waals surface area (Å²) < 4.78 is 11.7. The standard InChI is InChI=1S/C24H19BrN2O4/c1-2-14-30-21-11-8-17(9-12-21)23(28)27-26-16-19-15-20(25)10-13-22(19)31-24(29)18-6-4-3-5-7-18/h2-13,15-16H,1,14H2,(H,27,28)/b26-16+. The predicted molar refractivity (Wildman–Crippen MR) is 123 cm³/mol. The van der Waals surface area contributed by atoms with Gasteiger partial charge in [-0.05, 0) is 54.6 Å². The molecule has 3 aromatic carbocycles. The maximum absolute atomic E-state index is 12.3. The number of hydrazone groups is 1. The molecular weight excluding hydrogens is 460 g/mol. The molecule has 0 saturated heterocycles. The van der Waals surface area contributed by atoms with Gasteiger partial charge in [0.15, 0.2) is 0 Å². The smallest absolute Gasteiger partial charge is 0.343 e. The Hall–Kier alpha value is -3.71. The first-order valence-electron chi connectivity index (χ1n) is 9.31. The molecule has 7 heteroatoms. The zero-order valence-corrected chi connectivity index (χ0v) is 18.0. The second-order valence-electron chi connectivity index (χ2n) is 6.26. The fourth-order valence-electron chi connectivity index (χ4n) is 2.53. The lowest BCUT2D eigenvalue weighted by Gasteiger charge is -2.08. The van der Waals surface area contributed by atoms with Gasteiger partial charge < -0.3 is 9.47 Å². The number of halogens is 1. The number of ether oxygens (including phenoxy) is 2. The van der Waals surface area contributed by atoms with E-state index in [9.17, 15) is 9.59 Å². The van der Waals surface area contributed by atoms with E-state index in [1.165, 1.54) is 6.21 Å². The van der Waals surface area contributed by atoms with Crippen LogP contribution in [0, 0.1) is 0 Å². The number of amides is 1. The van der Waals surface area contributed by atoms with E-state index in [0.29, 0.717) is 34.8 Å². The van der Waals surface area contributed by atoms with Crippen LogP contribution in [0.4, 0.5) is 0 Å². The Morgan fingerprint density at radius 1 is 1.00 bits per heavy atom. The van der Waals surface area contributed by atoms with Gasteiger partial charge in [-0.15, -0.1) is 0 Å². The van der Waals surface area contributed by atoms with Crippen molar-refractivity contribution in [2.45, 2.75) is 0 Å². The summed E-state index contributed by atoms with van der Waals surface area (Å²) in [7, 11) is 0. The Labute approximate surface area is 188 Å². The molecule has 1 N–H and O–H groups in total. The van der Waals surface area contributed by atoms with Crippen LogP contribution in [-0.2, 0) is 0 Å².